The summed E-state index contributed by atoms with van der Waals surface area (Å²) in [6.07, 6.45) is 0.0658. The molecule has 1 aromatic rings. The molecule has 1 aliphatic rings. The number of carbonyl (C=O) groups is 3. The number of rotatable bonds is 2. The molecule has 1 fully saturated rings. The molecule has 0 aliphatic carbocycles. The van der Waals surface area contributed by atoms with Crippen molar-refractivity contribution < 1.29 is 29.3 Å². The normalized spacial score (nSPS) is 18.4. The van der Waals surface area contributed by atoms with Crippen molar-refractivity contribution in [3.8, 4) is 11.5 Å². The lowest BCUT2D eigenvalue weighted by Gasteiger charge is -2.30. The van der Waals surface area contributed by atoms with Gasteiger partial charge in [0.25, 0.3) is 5.91 Å². The molecule has 7 nitrogen and oxygen atoms in total. The van der Waals surface area contributed by atoms with Gasteiger partial charge in [0.1, 0.15) is 17.4 Å². The topological polar surface area (TPSA) is 104 Å². The molecule has 1 aromatic carbocycles. The largest absolute Gasteiger partial charge is 0.508 e. The summed E-state index contributed by atoms with van der Waals surface area (Å²) in [5, 5.41) is 18.8. The number of likely N-dealkylation sites (tertiary alicyclic amines) is 1. The number of esters is 1. The third-order valence-electron chi connectivity index (χ3n) is 3.34. The van der Waals surface area contributed by atoms with Crippen LogP contribution in [0, 0.1) is 5.92 Å². The summed E-state index contributed by atoms with van der Waals surface area (Å²) in [7, 11) is 1.18. The Kier molecular flexibility index (Phi) is 4.11. The van der Waals surface area contributed by atoms with Gasteiger partial charge in [-0.15, -0.1) is 0 Å². The molecule has 0 saturated carbocycles. The number of methoxy groups -OCH3 is 1. The van der Waals surface area contributed by atoms with E-state index in [4.69, 9.17) is 0 Å². The van der Waals surface area contributed by atoms with Crippen LogP contribution in [0.25, 0.3) is 0 Å². The van der Waals surface area contributed by atoms with Crippen molar-refractivity contribution in [1.29, 1.82) is 0 Å². The smallest absolute Gasteiger partial charge is 0.318 e. The van der Waals surface area contributed by atoms with E-state index in [1.54, 1.807) is 0 Å². The lowest BCUT2D eigenvalue weighted by molar-refractivity contribution is -0.151. The highest BCUT2D eigenvalue weighted by Crippen LogP contribution is 2.23. The highest BCUT2D eigenvalue weighted by atomic mass is 16.5. The zero-order valence-electron chi connectivity index (χ0n) is 11.4. The molecule has 1 aliphatic heterocycles. The van der Waals surface area contributed by atoms with Crippen molar-refractivity contribution >= 4 is 17.7 Å². The first kappa shape index (κ1) is 14.8. The molecule has 0 bridgehead atoms. The molecule has 2 N–H and O–H groups in total. The maximum Gasteiger partial charge on any atom is 0.318 e. The average molecular weight is 293 g/mol. The Balaban J connectivity index is 2.19. The van der Waals surface area contributed by atoms with Crippen LogP contribution in [0.15, 0.2) is 18.2 Å². The van der Waals surface area contributed by atoms with Crippen molar-refractivity contribution in [1.82, 2.24) is 4.90 Å². The highest BCUT2D eigenvalue weighted by molar-refractivity contribution is 6.02. The van der Waals surface area contributed by atoms with Gasteiger partial charge in [-0.3, -0.25) is 14.4 Å². The lowest BCUT2D eigenvalue weighted by atomic mass is 9.96. The molecule has 112 valence electrons. The second-order valence-corrected chi connectivity index (χ2v) is 4.78. The molecule has 0 spiro atoms. The summed E-state index contributed by atoms with van der Waals surface area (Å²) >= 11 is 0. The quantitative estimate of drug-likeness (QED) is 0.600. The fourth-order valence-corrected chi connectivity index (χ4v) is 2.27. The Hall–Kier alpha value is -2.57. The zero-order chi connectivity index (χ0) is 15.6. The number of amides is 1. The summed E-state index contributed by atoms with van der Waals surface area (Å²) < 4.78 is 4.55. The summed E-state index contributed by atoms with van der Waals surface area (Å²) in [5.74, 6) is -2.87. The van der Waals surface area contributed by atoms with E-state index in [2.05, 4.69) is 4.74 Å². The van der Waals surface area contributed by atoms with Gasteiger partial charge < -0.3 is 19.8 Å². The molecular formula is C14H15NO6. The minimum absolute atomic E-state index is 0.0658. The van der Waals surface area contributed by atoms with Crippen molar-refractivity contribution in [2.45, 2.75) is 6.42 Å². The number of benzene rings is 1. The van der Waals surface area contributed by atoms with Gasteiger partial charge in [0.15, 0.2) is 5.78 Å². The number of phenolic OH excluding ortho intramolecular Hbond substituents is 2. The fourth-order valence-electron chi connectivity index (χ4n) is 2.27. The molecule has 1 saturated heterocycles. The molecular weight excluding hydrogens is 278 g/mol. The maximum absolute atomic E-state index is 12.3. The molecule has 21 heavy (non-hydrogen) atoms. The van der Waals surface area contributed by atoms with Crippen LogP contribution in [0.1, 0.15) is 16.8 Å². The SMILES string of the molecule is COC(=O)C1CN(C(=O)c2cc(O)cc(O)c2)CCC1=O. The number of piperidine rings is 1. The van der Waals surface area contributed by atoms with Gasteiger partial charge in [-0.05, 0) is 12.1 Å². The van der Waals surface area contributed by atoms with Crippen molar-refractivity contribution in [2.24, 2.45) is 5.92 Å². The van der Waals surface area contributed by atoms with E-state index in [9.17, 15) is 24.6 Å². The van der Waals surface area contributed by atoms with Crippen LogP contribution in [0.3, 0.4) is 0 Å². The van der Waals surface area contributed by atoms with E-state index in [0.29, 0.717) is 0 Å². The molecule has 0 radical (unpaired) electrons. The van der Waals surface area contributed by atoms with Crippen LogP contribution in [0.2, 0.25) is 0 Å². The van der Waals surface area contributed by atoms with Crippen molar-refractivity contribution in [3.63, 3.8) is 0 Å². The minimum Gasteiger partial charge on any atom is -0.508 e. The number of ether oxygens (including phenoxy) is 1. The van der Waals surface area contributed by atoms with Gasteiger partial charge in [0.05, 0.1) is 7.11 Å². The fraction of sp³-hybridized carbons (Fsp3) is 0.357. The Labute approximate surface area is 120 Å². The third kappa shape index (κ3) is 3.13. The van der Waals surface area contributed by atoms with Gasteiger partial charge in [0, 0.05) is 31.1 Å². The maximum atomic E-state index is 12.3. The Bertz CT molecular complexity index is 569. The molecule has 0 aromatic heterocycles. The van der Waals surface area contributed by atoms with Crippen LogP contribution in [0.4, 0.5) is 0 Å². The van der Waals surface area contributed by atoms with E-state index >= 15 is 0 Å². The molecule has 1 heterocycles. The zero-order valence-corrected chi connectivity index (χ0v) is 11.4. The van der Waals surface area contributed by atoms with Gasteiger partial charge in [-0.1, -0.05) is 0 Å². The van der Waals surface area contributed by atoms with Crippen LogP contribution in [0.5, 0.6) is 11.5 Å². The minimum atomic E-state index is -0.987. The molecule has 1 amide bonds. The number of nitrogens with zero attached hydrogens (tertiary/aromatic N) is 1. The average Bonchev–Trinajstić information content (AvgIpc) is 2.45. The van der Waals surface area contributed by atoms with Gasteiger partial charge in [-0.2, -0.15) is 0 Å². The summed E-state index contributed by atoms with van der Waals surface area (Å²) in [5.41, 5.74) is 0.0884. The van der Waals surface area contributed by atoms with Gasteiger partial charge >= 0.3 is 5.97 Å². The summed E-state index contributed by atoms with van der Waals surface area (Å²) in [6.45, 7) is 0.113. The van der Waals surface area contributed by atoms with E-state index in [-0.39, 0.29) is 42.4 Å². The van der Waals surface area contributed by atoms with Crippen LogP contribution < -0.4 is 0 Å². The predicted octanol–water partition coefficient (Wildman–Crippen LogP) is 0.302. The first-order valence-corrected chi connectivity index (χ1v) is 6.35. The molecule has 1 atom stereocenters. The molecule has 7 heteroatoms. The van der Waals surface area contributed by atoms with Crippen LogP contribution in [-0.4, -0.2) is 53.0 Å². The number of Topliss-reactive ketones (excluding diaryl/α,β-unsaturated/α-hetero) is 1. The first-order chi connectivity index (χ1) is 9.92. The number of ketones is 1. The highest BCUT2D eigenvalue weighted by Gasteiger charge is 2.35. The number of hydrogen-bond acceptors (Lipinski definition) is 6. The third-order valence-corrected chi connectivity index (χ3v) is 3.34. The summed E-state index contributed by atoms with van der Waals surface area (Å²) in [4.78, 5) is 36.9. The second kappa shape index (κ2) is 5.82. The summed E-state index contributed by atoms with van der Waals surface area (Å²) in [6, 6.07) is 3.53. The second-order valence-electron chi connectivity index (χ2n) is 4.78. The molecule has 2 rings (SSSR count). The Morgan fingerprint density at radius 3 is 2.43 bits per heavy atom. The lowest BCUT2D eigenvalue weighted by Crippen LogP contribution is -2.47. The standard InChI is InChI=1S/C14H15NO6/c1-21-14(20)11-7-15(3-2-12(11)18)13(19)8-4-9(16)6-10(17)5-8/h4-6,11,16-17H,2-3,7H2,1H3. The first-order valence-electron chi connectivity index (χ1n) is 6.35. The van der Waals surface area contributed by atoms with E-state index < -0.39 is 17.8 Å². The predicted molar refractivity (Wildman–Crippen MR) is 70.8 cm³/mol. The van der Waals surface area contributed by atoms with Crippen LogP contribution in [-0.2, 0) is 14.3 Å². The van der Waals surface area contributed by atoms with Crippen molar-refractivity contribution in [3.05, 3.63) is 23.8 Å². The molecule has 1 unspecified atom stereocenters. The number of hydrogen-bond donors (Lipinski definition) is 2. The van der Waals surface area contributed by atoms with Crippen LogP contribution >= 0.6 is 0 Å². The van der Waals surface area contributed by atoms with Gasteiger partial charge in [0.2, 0.25) is 0 Å². The van der Waals surface area contributed by atoms with E-state index in [0.717, 1.165) is 6.07 Å². The number of aromatic hydroxyl groups is 2. The number of carbonyl (C=O) groups excluding carboxylic acids is 3. The Morgan fingerprint density at radius 2 is 1.86 bits per heavy atom. The Morgan fingerprint density at radius 1 is 1.24 bits per heavy atom. The monoisotopic (exact) mass is 293 g/mol. The number of phenols is 2. The van der Waals surface area contributed by atoms with Gasteiger partial charge in [-0.25, -0.2) is 0 Å². The van der Waals surface area contributed by atoms with E-state index in [1.807, 2.05) is 0 Å². The van der Waals surface area contributed by atoms with Crippen molar-refractivity contribution in [2.75, 3.05) is 20.2 Å². The van der Waals surface area contributed by atoms with E-state index in [1.165, 1.54) is 24.1 Å².